The second-order valence-electron chi connectivity index (χ2n) is 4.72. The van der Waals surface area contributed by atoms with E-state index in [-0.39, 0.29) is 18.6 Å². The normalized spacial score (nSPS) is 14.3. The fourth-order valence-corrected chi connectivity index (χ4v) is 2.83. The highest BCUT2D eigenvalue weighted by Gasteiger charge is 2.31. The third-order valence-corrected chi connectivity index (χ3v) is 4.12. The number of nitrogens with zero attached hydrogens (tertiary/aromatic N) is 1. The summed E-state index contributed by atoms with van der Waals surface area (Å²) < 4.78 is 25.8. The highest BCUT2D eigenvalue weighted by atomic mass is 32.2. The molecule has 0 aliphatic heterocycles. The molecule has 1 aliphatic rings. The van der Waals surface area contributed by atoms with Gasteiger partial charge in [-0.2, -0.15) is 0 Å². The van der Waals surface area contributed by atoms with Crippen molar-refractivity contribution in [2.45, 2.75) is 30.2 Å². The first-order chi connectivity index (χ1) is 9.61. The van der Waals surface area contributed by atoms with Gasteiger partial charge < -0.3 is 10.0 Å². The van der Waals surface area contributed by atoms with Crippen molar-refractivity contribution in [2.75, 3.05) is 18.9 Å². The second-order valence-corrected chi connectivity index (χ2v) is 5.88. The zero-order chi connectivity index (χ0) is 14.5. The average Bonchev–Trinajstić information content (AvgIpc) is 3.24. The van der Waals surface area contributed by atoms with E-state index in [1.807, 2.05) is 0 Å². The Bertz CT molecular complexity index is 480. The van der Waals surface area contributed by atoms with Gasteiger partial charge in [-0.05, 0) is 31.0 Å². The number of aliphatic hydroxyl groups excluding tert-OH is 1. The second kappa shape index (κ2) is 7.04. The maximum absolute atomic E-state index is 13.0. The third-order valence-electron chi connectivity index (χ3n) is 3.12. The highest BCUT2D eigenvalue weighted by Crippen LogP contribution is 2.28. The monoisotopic (exact) mass is 301 g/mol. The van der Waals surface area contributed by atoms with E-state index in [2.05, 4.69) is 0 Å². The molecule has 110 valence electrons. The van der Waals surface area contributed by atoms with Gasteiger partial charge in [0.25, 0.3) is 0 Å². The lowest BCUT2D eigenvalue weighted by Crippen LogP contribution is -2.35. The zero-order valence-electron chi connectivity index (χ0n) is 11.0. The molecule has 1 aromatic rings. The minimum absolute atomic E-state index is 0.0108. The molecule has 0 radical (unpaired) electrons. The highest BCUT2D eigenvalue weighted by molar-refractivity contribution is 7.99. The first-order valence-corrected chi connectivity index (χ1v) is 7.58. The van der Waals surface area contributed by atoms with Crippen molar-refractivity contribution in [2.24, 2.45) is 0 Å². The van der Waals surface area contributed by atoms with Crippen molar-refractivity contribution in [3.05, 3.63) is 29.8 Å². The van der Waals surface area contributed by atoms with Crippen molar-refractivity contribution in [1.29, 1.82) is 0 Å². The molecule has 0 spiro atoms. The molecule has 3 nitrogen and oxygen atoms in total. The fourth-order valence-electron chi connectivity index (χ4n) is 1.97. The van der Waals surface area contributed by atoms with Crippen molar-refractivity contribution < 1.29 is 18.7 Å². The van der Waals surface area contributed by atoms with Gasteiger partial charge in [-0.25, -0.2) is 8.78 Å². The standard InChI is InChI=1S/C14H17F2NO2S/c15-12-4-3-11(9-13(12)16)20-8-5-14(19)17(6-7-18)10-1-2-10/h3-4,9-10,18H,1-2,5-8H2. The lowest BCUT2D eigenvalue weighted by Gasteiger charge is -2.21. The van der Waals surface area contributed by atoms with Gasteiger partial charge >= 0.3 is 0 Å². The molecule has 0 bridgehead atoms. The molecule has 1 fully saturated rings. The SMILES string of the molecule is O=C(CCSc1ccc(F)c(F)c1)N(CCO)C1CC1. The molecule has 1 aliphatic carbocycles. The molecule has 6 heteroatoms. The molecule has 1 amide bonds. The number of thioether (sulfide) groups is 1. The number of hydrogen-bond donors (Lipinski definition) is 1. The average molecular weight is 301 g/mol. The van der Waals surface area contributed by atoms with Crippen LogP contribution in [0, 0.1) is 11.6 Å². The number of carbonyl (C=O) groups is 1. The molecule has 1 aromatic carbocycles. The predicted molar refractivity (Wildman–Crippen MR) is 73.5 cm³/mol. The van der Waals surface area contributed by atoms with Crippen molar-refractivity contribution in [1.82, 2.24) is 4.90 Å². The molecule has 1 N–H and O–H groups in total. The summed E-state index contributed by atoms with van der Waals surface area (Å²) in [5.41, 5.74) is 0. The molecule has 0 unspecified atom stereocenters. The van der Waals surface area contributed by atoms with Crippen LogP contribution >= 0.6 is 11.8 Å². The summed E-state index contributed by atoms with van der Waals surface area (Å²) in [6, 6.07) is 4.00. The minimum Gasteiger partial charge on any atom is -0.395 e. The van der Waals surface area contributed by atoms with Crippen LogP contribution < -0.4 is 0 Å². The quantitative estimate of drug-likeness (QED) is 0.786. The van der Waals surface area contributed by atoms with Gasteiger partial charge in [0.2, 0.25) is 5.91 Å². The maximum Gasteiger partial charge on any atom is 0.223 e. The molecule has 0 heterocycles. The number of amides is 1. The van der Waals surface area contributed by atoms with E-state index < -0.39 is 11.6 Å². The summed E-state index contributed by atoms with van der Waals surface area (Å²) in [4.78, 5) is 14.3. The summed E-state index contributed by atoms with van der Waals surface area (Å²) in [6.45, 7) is 0.345. The molecule has 1 saturated carbocycles. The number of hydrogen-bond acceptors (Lipinski definition) is 3. The largest absolute Gasteiger partial charge is 0.395 e. The zero-order valence-corrected chi connectivity index (χ0v) is 11.8. The van der Waals surface area contributed by atoms with E-state index in [1.165, 1.54) is 17.8 Å². The summed E-state index contributed by atoms with van der Waals surface area (Å²) in [5.74, 6) is -1.22. The number of rotatable bonds is 7. The van der Waals surface area contributed by atoms with Gasteiger partial charge in [0.15, 0.2) is 11.6 Å². The van der Waals surface area contributed by atoms with E-state index in [1.54, 1.807) is 4.90 Å². The van der Waals surface area contributed by atoms with Crippen molar-refractivity contribution in [3.8, 4) is 0 Å². The van der Waals surface area contributed by atoms with Crippen LogP contribution in [-0.2, 0) is 4.79 Å². The minimum atomic E-state index is -0.874. The molecule has 0 aromatic heterocycles. The lowest BCUT2D eigenvalue weighted by atomic mass is 10.3. The Hall–Kier alpha value is -1.14. The Labute approximate surface area is 121 Å². The van der Waals surface area contributed by atoms with Crippen LogP contribution in [0.1, 0.15) is 19.3 Å². The Kier molecular flexibility index (Phi) is 5.37. The van der Waals surface area contributed by atoms with Crippen LogP contribution in [0.4, 0.5) is 8.78 Å². The number of halogens is 2. The summed E-state index contributed by atoms with van der Waals surface area (Å²) in [7, 11) is 0. The van der Waals surface area contributed by atoms with Crippen LogP contribution in [0.5, 0.6) is 0 Å². The number of benzene rings is 1. The van der Waals surface area contributed by atoms with E-state index in [9.17, 15) is 13.6 Å². The summed E-state index contributed by atoms with van der Waals surface area (Å²) in [5, 5.41) is 8.95. The van der Waals surface area contributed by atoms with E-state index in [4.69, 9.17) is 5.11 Å². The van der Waals surface area contributed by atoms with Crippen LogP contribution in [0.2, 0.25) is 0 Å². The smallest absolute Gasteiger partial charge is 0.223 e. The number of carbonyl (C=O) groups excluding carboxylic acids is 1. The van der Waals surface area contributed by atoms with Crippen molar-refractivity contribution >= 4 is 17.7 Å². The van der Waals surface area contributed by atoms with E-state index in [0.29, 0.717) is 23.6 Å². The van der Waals surface area contributed by atoms with E-state index in [0.717, 1.165) is 25.0 Å². The van der Waals surface area contributed by atoms with Gasteiger partial charge in [0.1, 0.15) is 0 Å². The van der Waals surface area contributed by atoms with Crippen LogP contribution in [0.15, 0.2) is 23.1 Å². The molecular weight excluding hydrogens is 284 g/mol. The van der Waals surface area contributed by atoms with Gasteiger partial charge in [-0.1, -0.05) is 0 Å². The maximum atomic E-state index is 13.0. The first kappa shape index (κ1) is 15.3. The molecule has 0 atom stereocenters. The molecule has 0 saturated heterocycles. The third kappa shape index (κ3) is 4.18. The van der Waals surface area contributed by atoms with Gasteiger partial charge in [-0.3, -0.25) is 4.79 Å². The number of aliphatic hydroxyl groups is 1. The predicted octanol–water partition coefficient (Wildman–Crippen LogP) is 2.43. The lowest BCUT2D eigenvalue weighted by molar-refractivity contribution is -0.131. The Balaban J connectivity index is 1.79. The Morgan fingerprint density at radius 3 is 2.70 bits per heavy atom. The summed E-state index contributed by atoms with van der Waals surface area (Å²) >= 11 is 1.32. The molecule has 2 rings (SSSR count). The van der Waals surface area contributed by atoms with Crippen LogP contribution in [0.3, 0.4) is 0 Å². The van der Waals surface area contributed by atoms with E-state index >= 15 is 0 Å². The van der Waals surface area contributed by atoms with Gasteiger partial charge in [-0.15, -0.1) is 11.8 Å². The van der Waals surface area contributed by atoms with Gasteiger partial charge in [0.05, 0.1) is 6.61 Å². The first-order valence-electron chi connectivity index (χ1n) is 6.60. The topological polar surface area (TPSA) is 40.5 Å². The Morgan fingerprint density at radius 1 is 1.35 bits per heavy atom. The van der Waals surface area contributed by atoms with Crippen molar-refractivity contribution in [3.63, 3.8) is 0 Å². The fraction of sp³-hybridized carbons (Fsp3) is 0.500. The Morgan fingerprint density at radius 2 is 2.10 bits per heavy atom. The van der Waals surface area contributed by atoms with Crippen LogP contribution in [-0.4, -0.2) is 40.9 Å². The molecule has 20 heavy (non-hydrogen) atoms. The summed E-state index contributed by atoms with van der Waals surface area (Å²) in [6.07, 6.45) is 2.34. The van der Waals surface area contributed by atoms with Crippen LogP contribution in [0.25, 0.3) is 0 Å². The molecular formula is C14H17F2NO2S. The van der Waals surface area contributed by atoms with Gasteiger partial charge in [0, 0.05) is 29.7 Å².